The van der Waals surface area contributed by atoms with Crippen molar-refractivity contribution < 1.29 is 4.74 Å². The predicted molar refractivity (Wildman–Crippen MR) is 99.0 cm³/mol. The number of allylic oxidation sites excluding steroid dienone is 1. The van der Waals surface area contributed by atoms with Crippen molar-refractivity contribution in [2.24, 2.45) is 0 Å². The van der Waals surface area contributed by atoms with Crippen LogP contribution in [-0.4, -0.2) is 6.61 Å². The fourth-order valence-electron chi connectivity index (χ4n) is 3.17. The van der Waals surface area contributed by atoms with Crippen molar-refractivity contribution in [1.29, 1.82) is 10.5 Å². The lowest BCUT2D eigenvalue weighted by molar-refractivity contribution is 0.271. The summed E-state index contributed by atoms with van der Waals surface area (Å²) in [6.45, 7) is 6.84. The normalized spacial score (nSPS) is 11.1. The molecule has 0 heterocycles. The lowest BCUT2D eigenvalue weighted by atomic mass is 9.97. The second kappa shape index (κ2) is 7.07. The molecule has 3 nitrogen and oxygen atoms in total. The molecule has 2 aromatic rings. The van der Waals surface area contributed by atoms with E-state index in [1.807, 2.05) is 54.6 Å². The maximum Gasteiger partial charge on any atom is 0.138 e. The van der Waals surface area contributed by atoms with Crippen molar-refractivity contribution in [3.63, 3.8) is 0 Å². The van der Waals surface area contributed by atoms with Crippen molar-refractivity contribution in [1.82, 2.24) is 0 Å². The zero-order chi connectivity index (χ0) is 17.8. The number of nitriles is 2. The van der Waals surface area contributed by atoms with Crippen molar-refractivity contribution >= 4 is 11.3 Å². The second-order valence-electron chi connectivity index (χ2n) is 5.87. The van der Waals surface area contributed by atoms with Crippen LogP contribution in [0.1, 0.15) is 36.5 Å². The van der Waals surface area contributed by atoms with Crippen molar-refractivity contribution in [2.45, 2.75) is 19.8 Å². The Hall–Kier alpha value is -3.30. The Morgan fingerprint density at radius 2 is 1.68 bits per heavy atom. The van der Waals surface area contributed by atoms with Crippen LogP contribution in [0.3, 0.4) is 0 Å². The van der Waals surface area contributed by atoms with Gasteiger partial charge in [-0.2, -0.15) is 10.5 Å². The second-order valence-corrected chi connectivity index (χ2v) is 5.87. The molecule has 0 bridgehead atoms. The highest BCUT2D eigenvalue weighted by molar-refractivity contribution is 6.06. The number of hydrogen-bond donors (Lipinski definition) is 0. The fourth-order valence-corrected chi connectivity index (χ4v) is 3.17. The molecule has 0 saturated carbocycles. The van der Waals surface area contributed by atoms with Gasteiger partial charge in [0.05, 0.1) is 6.61 Å². The molecule has 0 amide bonds. The van der Waals surface area contributed by atoms with Gasteiger partial charge in [0.1, 0.15) is 23.5 Å². The Balaban J connectivity index is 2.21. The van der Waals surface area contributed by atoms with Gasteiger partial charge in [-0.05, 0) is 23.1 Å². The summed E-state index contributed by atoms with van der Waals surface area (Å²) < 4.78 is 5.82. The molecule has 0 atom stereocenters. The van der Waals surface area contributed by atoms with Gasteiger partial charge in [0.15, 0.2) is 0 Å². The van der Waals surface area contributed by atoms with Crippen LogP contribution in [0.15, 0.2) is 54.6 Å². The quantitative estimate of drug-likeness (QED) is 0.363. The van der Waals surface area contributed by atoms with Crippen LogP contribution in [0.2, 0.25) is 0 Å². The third-order valence-electron chi connectivity index (χ3n) is 4.35. The summed E-state index contributed by atoms with van der Waals surface area (Å²) in [7, 11) is 0. The van der Waals surface area contributed by atoms with Gasteiger partial charge in [-0.1, -0.05) is 62.4 Å². The van der Waals surface area contributed by atoms with Gasteiger partial charge < -0.3 is 4.74 Å². The molecule has 0 aliphatic heterocycles. The van der Waals surface area contributed by atoms with Gasteiger partial charge in [-0.15, -0.1) is 0 Å². The minimum atomic E-state index is 0.126. The lowest BCUT2D eigenvalue weighted by Crippen LogP contribution is -1.96. The summed E-state index contributed by atoms with van der Waals surface area (Å²) in [5.41, 5.74) is 5.51. The van der Waals surface area contributed by atoms with Crippen LogP contribution < -0.4 is 0 Å². The van der Waals surface area contributed by atoms with E-state index in [0.717, 1.165) is 40.7 Å². The lowest BCUT2D eigenvalue weighted by Gasteiger charge is -2.13. The molecule has 122 valence electrons. The van der Waals surface area contributed by atoms with Crippen LogP contribution in [0.25, 0.3) is 22.5 Å². The molecule has 0 unspecified atom stereocenters. The highest BCUT2D eigenvalue weighted by atomic mass is 16.5. The Labute approximate surface area is 148 Å². The molecule has 0 radical (unpaired) electrons. The standard InChI is InChI=1S/C22H18N2O/c1-3-4-12-25-15(2)17-10-7-11-20-21(16(13-23)14-24)18-8-5-6-9-19(18)22(17)20/h5-11H,2-4,12H2,1H3. The number of rotatable bonds is 5. The van der Waals surface area contributed by atoms with E-state index in [1.54, 1.807) is 0 Å². The monoisotopic (exact) mass is 326 g/mol. The first-order valence-corrected chi connectivity index (χ1v) is 8.32. The van der Waals surface area contributed by atoms with Crippen LogP contribution >= 0.6 is 0 Å². The number of ether oxygens (including phenoxy) is 1. The van der Waals surface area contributed by atoms with E-state index in [1.165, 1.54) is 0 Å². The minimum Gasteiger partial charge on any atom is -0.494 e. The molecule has 25 heavy (non-hydrogen) atoms. The molecule has 3 rings (SSSR count). The summed E-state index contributed by atoms with van der Waals surface area (Å²) in [6, 6.07) is 17.7. The first kappa shape index (κ1) is 16.6. The Morgan fingerprint density at radius 3 is 2.36 bits per heavy atom. The van der Waals surface area contributed by atoms with Gasteiger partial charge in [0.25, 0.3) is 0 Å². The van der Waals surface area contributed by atoms with Gasteiger partial charge in [-0.25, -0.2) is 0 Å². The fraction of sp³-hybridized carbons (Fsp3) is 0.182. The molecule has 0 N–H and O–H groups in total. The highest BCUT2D eigenvalue weighted by Gasteiger charge is 2.29. The van der Waals surface area contributed by atoms with Crippen LogP contribution in [0, 0.1) is 22.7 Å². The Kier molecular flexibility index (Phi) is 4.68. The SMILES string of the molecule is C=C(OCCCC)c1cccc2c1-c1ccccc1C2=C(C#N)C#N. The van der Waals surface area contributed by atoms with Crippen molar-refractivity contribution in [3.05, 3.63) is 71.3 Å². The summed E-state index contributed by atoms with van der Waals surface area (Å²) in [4.78, 5) is 0. The third-order valence-corrected chi connectivity index (χ3v) is 4.35. The molecular formula is C22H18N2O. The number of nitrogens with zero attached hydrogens (tertiary/aromatic N) is 2. The largest absolute Gasteiger partial charge is 0.494 e. The predicted octanol–water partition coefficient (Wildman–Crippen LogP) is 5.30. The van der Waals surface area contributed by atoms with Gasteiger partial charge in [0.2, 0.25) is 0 Å². The maximum atomic E-state index is 9.39. The first-order valence-electron chi connectivity index (χ1n) is 8.32. The van der Waals surface area contributed by atoms with Gasteiger partial charge >= 0.3 is 0 Å². The summed E-state index contributed by atoms with van der Waals surface area (Å²) in [5.74, 6) is 0.622. The zero-order valence-corrected chi connectivity index (χ0v) is 14.2. The van der Waals surface area contributed by atoms with E-state index in [-0.39, 0.29) is 5.57 Å². The molecule has 0 spiro atoms. The summed E-state index contributed by atoms with van der Waals surface area (Å²) in [6.07, 6.45) is 2.03. The molecule has 0 saturated heterocycles. The topological polar surface area (TPSA) is 56.8 Å². The molecule has 3 heteroatoms. The van der Waals surface area contributed by atoms with E-state index < -0.39 is 0 Å². The van der Waals surface area contributed by atoms with E-state index >= 15 is 0 Å². The molecule has 0 fully saturated rings. The van der Waals surface area contributed by atoms with Crippen molar-refractivity contribution in [2.75, 3.05) is 6.61 Å². The number of unbranched alkanes of at least 4 members (excludes halogenated alkanes) is 1. The molecular weight excluding hydrogens is 308 g/mol. The maximum absolute atomic E-state index is 9.39. The molecule has 1 aliphatic carbocycles. The average Bonchev–Trinajstić information content (AvgIpc) is 2.98. The van der Waals surface area contributed by atoms with E-state index in [0.29, 0.717) is 17.9 Å². The average molecular weight is 326 g/mol. The Morgan fingerprint density at radius 1 is 1.00 bits per heavy atom. The molecule has 1 aliphatic rings. The molecule has 2 aromatic carbocycles. The number of fused-ring (bicyclic) bond motifs is 3. The van der Waals surface area contributed by atoms with Crippen LogP contribution in [-0.2, 0) is 4.74 Å². The number of benzene rings is 2. The van der Waals surface area contributed by atoms with E-state index in [9.17, 15) is 10.5 Å². The number of hydrogen-bond acceptors (Lipinski definition) is 3. The first-order chi connectivity index (χ1) is 12.2. The minimum absolute atomic E-state index is 0.126. The summed E-state index contributed by atoms with van der Waals surface area (Å²) >= 11 is 0. The third kappa shape index (κ3) is 2.82. The van der Waals surface area contributed by atoms with Crippen molar-refractivity contribution in [3.8, 4) is 23.3 Å². The van der Waals surface area contributed by atoms with Gasteiger partial charge in [-0.3, -0.25) is 0 Å². The Bertz CT molecular complexity index is 939. The van der Waals surface area contributed by atoms with E-state index in [2.05, 4.69) is 13.5 Å². The zero-order valence-electron chi connectivity index (χ0n) is 14.2. The summed E-state index contributed by atoms with van der Waals surface area (Å²) in [5, 5.41) is 18.8. The van der Waals surface area contributed by atoms with Crippen LogP contribution in [0.4, 0.5) is 0 Å². The van der Waals surface area contributed by atoms with E-state index in [4.69, 9.17) is 4.74 Å². The molecule has 0 aromatic heterocycles. The highest BCUT2D eigenvalue weighted by Crippen LogP contribution is 2.48. The van der Waals surface area contributed by atoms with Gasteiger partial charge in [0, 0.05) is 16.7 Å². The smallest absolute Gasteiger partial charge is 0.138 e. The van der Waals surface area contributed by atoms with Crippen LogP contribution in [0.5, 0.6) is 0 Å².